The Kier molecular flexibility index (Phi) is 4.55. The molecule has 146 valence electrons. The van der Waals surface area contributed by atoms with Crippen molar-refractivity contribution in [1.29, 1.82) is 0 Å². The fraction of sp³-hybridized carbons (Fsp3) is 0.0833. The summed E-state index contributed by atoms with van der Waals surface area (Å²) >= 11 is 0. The van der Waals surface area contributed by atoms with Crippen molar-refractivity contribution in [3.63, 3.8) is 0 Å². The van der Waals surface area contributed by atoms with E-state index in [2.05, 4.69) is 0 Å². The van der Waals surface area contributed by atoms with Crippen LogP contribution in [0.15, 0.2) is 93.3 Å². The van der Waals surface area contributed by atoms with E-state index in [-0.39, 0.29) is 4.90 Å². The second-order valence-electron chi connectivity index (χ2n) is 7.06. The molecule has 0 saturated heterocycles. The summed E-state index contributed by atoms with van der Waals surface area (Å²) in [7, 11) is -4.10. The lowest BCUT2D eigenvalue weighted by molar-refractivity contribution is 0.419. The molecule has 2 N–H and O–H groups in total. The average molecular weight is 404 g/mol. The van der Waals surface area contributed by atoms with Gasteiger partial charge in [-0.25, -0.2) is 8.42 Å². The van der Waals surface area contributed by atoms with Gasteiger partial charge in [-0.15, -0.1) is 0 Å². The highest BCUT2D eigenvalue weighted by atomic mass is 32.2. The Labute approximate surface area is 169 Å². The van der Waals surface area contributed by atoms with Gasteiger partial charge in [-0.05, 0) is 59.6 Å². The van der Waals surface area contributed by atoms with Crippen LogP contribution in [0, 0.1) is 0 Å². The highest BCUT2D eigenvalue weighted by Gasteiger charge is 2.28. The maximum Gasteiger partial charge on any atom is 0.213 e. The molecule has 0 unspecified atom stereocenters. The summed E-state index contributed by atoms with van der Waals surface area (Å²) in [6, 6.07) is 9.21. The molecule has 2 aliphatic carbocycles. The van der Waals surface area contributed by atoms with E-state index < -0.39 is 26.2 Å². The minimum absolute atomic E-state index is 0.00822. The lowest BCUT2D eigenvalue weighted by atomic mass is 9.92. The van der Waals surface area contributed by atoms with Crippen molar-refractivity contribution in [3.05, 3.63) is 93.9 Å². The molecule has 29 heavy (non-hydrogen) atoms. The number of phenolic OH excluding ortho intramolecular Hbond substituents is 2. The summed E-state index contributed by atoms with van der Waals surface area (Å²) in [6.45, 7) is 3.91. The van der Waals surface area contributed by atoms with E-state index >= 15 is 0 Å². The van der Waals surface area contributed by atoms with E-state index in [0.29, 0.717) is 10.4 Å². The molecular formula is C24H20O4S. The zero-order valence-corrected chi connectivity index (χ0v) is 16.9. The second-order valence-corrected chi connectivity index (χ2v) is 8.94. The summed E-state index contributed by atoms with van der Waals surface area (Å²) < 4.78 is 26.2. The molecule has 4 rings (SSSR count). The topological polar surface area (TPSA) is 74.6 Å². The van der Waals surface area contributed by atoms with Crippen LogP contribution in [0.4, 0.5) is 0 Å². The fourth-order valence-corrected chi connectivity index (χ4v) is 5.17. The third-order valence-electron chi connectivity index (χ3n) is 5.17. The number of benzene rings is 2. The average Bonchev–Trinajstić information content (AvgIpc) is 2.96. The van der Waals surface area contributed by atoms with E-state index in [1.54, 1.807) is 24.3 Å². The molecular weight excluding hydrogens is 384 g/mol. The number of fused-ring (bicyclic) bond motifs is 2. The number of sulfone groups is 1. The Morgan fingerprint density at radius 3 is 2.24 bits per heavy atom. The van der Waals surface area contributed by atoms with Crippen LogP contribution in [-0.2, 0) is 9.84 Å². The number of phenols is 2. The highest BCUT2D eigenvalue weighted by molar-refractivity contribution is 7.91. The largest absolute Gasteiger partial charge is 0.506 e. The molecule has 5 heteroatoms. The first-order valence-electron chi connectivity index (χ1n) is 9.16. The van der Waals surface area contributed by atoms with Gasteiger partial charge in [-0.2, -0.15) is 0 Å². The minimum atomic E-state index is -4.10. The second kappa shape index (κ2) is 6.94. The maximum atomic E-state index is 13.1. The Bertz CT molecular complexity index is 1370. The number of rotatable bonds is 2. The van der Waals surface area contributed by atoms with Gasteiger partial charge in [0, 0.05) is 5.22 Å². The van der Waals surface area contributed by atoms with Crippen LogP contribution in [0.5, 0.6) is 11.5 Å². The van der Waals surface area contributed by atoms with Crippen LogP contribution in [0.3, 0.4) is 0 Å². The van der Waals surface area contributed by atoms with E-state index in [1.165, 1.54) is 18.2 Å². The Morgan fingerprint density at radius 2 is 1.52 bits per heavy atom. The molecule has 0 spiro atoms. The molecule has 2 aliphatic rings. The molecule has 0 saturated carbocycles. The summed E-state index contributed by atoms with van der Waals surface area (Å²) in [4.78, 5) is -0.472. The molecule has 0 bridgehead atoms. The predicted molar refractivity (Wildman–Crippen MR) is 114 cm³/mol. The Balaban J connectivity index is 2.15. The van der Waals surface area contributed by atoms with Crippen molar-refractivity contribution in [3.8, 4) is 11.5 Å². The van der Waals surface area contributed by atoms with Crippen LogP contribution in [-0.4, -0.2) is 18.6 Å². The third-order valence-corrected chi connectivity index (χ3v) is 7.01. The Morgan fingerprint density at radius 1 is 0.828 bits per heavy atom. The van der Waals surface area contributed by atoms with Gasteiger partial charge in [-0.1, -0.05) is 54.7 Å². The van der Waals surface area contributed by atoms with Crippen molar-refractivity contribution in [2.45, 2.75) is 23.6 Å². The van der Waals surface area contributed by atoms with Crippen molar-refractivity contribution in [1.82, 2.24) is 0 Å². The Hall–Kier alpha value is -3.31. The normalized spacial score (nSPS) is 15.8. The van der Waals surface area contributed by atoms with Crippen molar-refractivity contribution in [2.75, 3.05) is 0 Å². The smallest absolute Gasteiger partial charge is 0.213 e. The van der Waals surface area contributed by atoms with E-state index in [9.17, 15) is 18.6 Å². The first-order valence-corrected chi connectivity index (χ1v) is 10.6. The third kappa shape index (κ3) is 3.04. The highest BCUT2D eigenvalue weighted by Crippen LogP contribution is 2.35. The van der Waals surface area contributed by atoms with E-state index in [1.807, 2.05) is 44.2 Å². The van der Waals surface area contributed by atoms with Gasteiger partial charge in [0.05, 0.1) is 4.90 Å². The summed E-state index contributed by atoms with van der Waals surface area (Å²) in [6.07, 6.45) is 11.3. The van der Waals surface area contributed by atoms with Gasteiger partial charge in [-0.3, -0.25) is 0 Å². The summed E-state index contributed by atoms with van der Waals surface area (Å²) in [5.74, 6) is -0.929. The number of aromatic hydroxyl groups is 2. The van der Waals surface area contributed by atoms with Crippen LogP contribution in [0.25, 0.3) is 11.6 Å². The minimum Gasteiger partial charge on any atom is -0.506 e. The first-order chi connectivity index (χ1) is 13.8. The van der Waals surface area contributed by atoms with E-state index in [0.717, 1.165) is 22.3 Å². The predicted octanol–water partition coefficient (Wildman–Crippen LogP) is 3.26. The molecule has 0 fully saturated rings. The van der Waals surface area contributed by atoms with Gasteiger partial charge < -0.3 is 10.2 Å². The zero-order valence-electron chi connectivity index (χ0n) is 16.0. The van der Waals surface area contributed by atoms with E-state index in [4.69, 9.17) is 0 Å². The van der Waals surface area contributed by atoms with Crippen LogP contribution in [0.2, 0.25) is 0 Å². The van der Waals surface area contributed by atoms with Crippen LogP contribution in [0.1, 0.15) is 13.8 Å². The van der Waals surface area contributed by atoms with Crippen molar-refractivity contribution >= 4 is 21.5 Å². The molecule has 4 nitrogen and oxygen atoms in total. The quantitative estimate of drug-likeness (QED) is 0.806. The number of allylic oxidation sites excluding steroid dienone is 8. The SMILES string of the molecule is CC1=CC=c2c(O)c(S(=O)(=O)c3ccccc3)c(O)cc2=C2C(C)=CC=CC=C12. The van der Waals surface area contributed by atoms with Crippen LogP contribution < -0.4 is 10.4 Å². The number of hydrogen-bond donors (Lipinski definition) is 2. The standard InChI is InChI=1S/C24H20O4S/c1-15-12-13-19-20(22-16(2)8-6-7-11-18(15)22)14-21(25)24(23(19)26)29(27,28)17-9-4-3-5-10-17/h3-14,25-26H,1-2H3. The molecule has 0 heterocycles. The van der Waals surface area contributed by atoms with Gasteiger partial charge in [0.15, 0.2) is 4.90 Å². The lowest BCUT2D eigenvalue weighted by Crippen LogP contribution is -2.29. The first kappa shape index (κ1) is 19.0. The molecule has 0 amide bonds. The molecule has 0 aromatic heterocycles. The van der Waals surface area contributed by atoms with Gasteiger partial charge in [0.1, 0.15) is 11.5 Å². The summed E-state index contributed by atoms with van der Waals surface area (Å²) in [5.41, 5.74) is 3.73. The molecule has 0 radical (unpaired) electrons. The monoisotopic (exact) mass is 404 g/mol. The maximum absolute atomic E-state index is 13.1. The summed E-state index contributed by atoms with van der Waals surface area (Å²) in [5, 5.41) is 22.7. The van der Waals surface area contributed by atoms with Gasteiger partial charge in [0.25, 0.3) is 0 Å². The lowest BCUT2D eigenvalue weighted by Gasteiger charge is -2.14. The van der Waals surface area contributed by atoms with Gasteiger partial charge in [0.2, 0.25) is 9.84 Å². The molecule has 2 aromatic rings. The van der Waals surface area contributed by atoms with Crippen LogP contribution >= 0.6 is 0 Å². The number of hydrogen-bond acceptors (Lipinski definition) is 4. The molecule has 0 aliphatic heterocycles. The van der Waals surface area contributed by atoms with Crippen molar-refractivity contribution < 1.29 is 18.6 Å². The fourth-order valence-electron chi connectivity index (χ4n) is 3.72. The zero-order chi connectivity index (χ0) is 20.8. The van der Waals surface area contributed by atoms with Crippen molar-refractivity contribution in [2.24, 2.45) is 0 Å². The molecule has 2 aromatic carbocycles. The van der Waals surface area contributed by atoms with Gasteiger partial charge >= 0.3 is 0 Å². The molecule has 0 atom stereocenters.